The summed E-state index contributed by atoms with van der Waals surface area (Å²) < 4.78 is 0. The molecule has 1 aromatic heterocycles. The van der Waals surface area contributed by atoms with Crippen molar-refractivity contribution < 1.29 is 14.4 Å². The Bertz CT molecular complexity index is 671. The van der Waals surface area contributed by atoms with Crippen LogP contribution in [0.2, 0.25) is 0 Å². The molecule has 0 saturated carbocycles. The lowest BCUT2D eigenvalue weighted by Crippen LogP contribution is -2.54. The number of amides is 4. The topological polar surface area (TPSA) is 77.1 Å². The van der Waals surface area contributed by atoms with E-state index >= 15 is 0 Å². The van der Waals surface area contributed by atoms with Crippen molar-refractivity contribution >= 4 is 17.8 Å². The quantitative estimate of drug-likeness (QED) is 0.775. The molecule has 1 aromatic rings. The summed E-state index contributed by atoms with van der Waals surface area (Å²) in [7, 11) is 3.45. The highest BCUT2D eigenvalue weighted by Gasteiger charge is 2.37. The van der Waals surface area contributed by atoms with Crippen molar-refractivity contribution in [3.8, 4) is 0 Å². The molecule has 2 aliphatic heterocycles. The smallest absolute Gasteiger partial charge is 0.319 e. The van der Waals surface area contributed by atoms with Crippen LogP contribution in [0.4, 0.5) is 4.79 Å². The Labute approximate surface area is 153 Å². The van der Waals surface area contributed by atoms with E-state index in [1.807, 2.05) is 12.1 Å². The van der Waals surface area contributed by atoms with Crippen molar-refractivity contribution in [2.45, 2.75) is 13.0 Å². The summed E-state index contributed by atoms with van der Waals surface area (Å²) in [6.07, 6.45) is 3.67. The number of carbonyl (C=O) groups is 3. The van der Waals surface area contributed by atoms with Gasteiger partial charge in [0.2, 0.25) is 11.8 Å². The predicted octanol–water partition coefficient (Wildman–Crippen LogP) is 0.256. The van der Waals surface area contributed by atoms with Crippen LogP contribution in [0.5, 0.6) is 0 Å². The zero-order valence-electron chi connectivity index (χ0n) is 15.3. The summed E-state index contributed by atoms with van der Waals surface area (Å²) in [5.74, 6) is -0.255. The fourth-order valence-corrected chi connectivity index (χ4v) is 3.46. The van der Waals surface area contributed by atoms with Gasteiger partial charge in [0.25, 0.3) is 0 Å². The molecule has 0 unspecified atom stereocenters. The van der Waals surface area contributed by atoms with Crippen LogP contribution in [-0.4, -0.2) is 89.2 Å². The molecule has 0 radical (unpaired) electrons. The molecule has 4 amide bonds. The van der Waals surface area contributed by atoms with Gasteiger partial charge < -0.3 is 19.6 Å². The molecule has 140 valence electrons. The van der Waals surface area contributed by atoms with E-state index in [0.717, 1.165) is 5.56 Å². The third-order valence-corrected chi connectivity index (χ3v) is 4.93. The lowest BCUT2D eigenvalue weighted by Gasteiger charge is -2.36. The molecular weight excluding hydrogens is 334 g/mol. The first kappa shape index (κ1) is 18.2. The van der Waals surface area contributed by atoms with Crippen molar-refractivity contribution in [3.63, 3.8) is 0 Å². The van der Waals surface area contributed by atoms with E-state index in [2.05, 4.69) is 4.98 Å². The van der Waals surface area contributed by atoms with E-state index in [0.29, 0.717) is 39.3 Å². The second-order valence-corrected chi connectivity index (χ2v) is 7.02. The Morgan fingerprint density at radius 3 is 2.35 bits per heavy atom. The Balaban J connectivity index is 1.53. The van der Waals surface area contributed by atoms with E-state index < -0.39 is 0 Å². The number of hydrogen-bond acceptors (Lipinski definition) is 4. The van der Waals surface area contributed by atoms with Gasteiger partial charge >= 0.3 is 6.03 Å². The first-order chi connectivity index (χ1) is 12.5. The first-order valence-corrected chi connectivity index (χ1v) is 8.87. The molecule has 1 atom stereocenters. The number of rotatable bonds is 3. The van der Waals surface area contributed by atoms with Gasteiger partial charge in [-0.25, -0.2) is 4.79 Å². The van der Waals surface area contributed by atoms with E-state index in [1.54, 1.807) is 46.1 Å². The number of piperazine rings is 1. The molecule has 0 spiro atoms. The fraction of sp³-hybridized carbons (Fsp3) is 0.556. The predicted molar refractivity (Wildman–Crippen MR) is 95.0 cm³/mol. The molecule has 0 N–H and O–H groups in total. The number of hydrogen-bond donors (Lipinski definition) is 0. The van der Waals surface area contributed by atoms with Gasteiger partial charge in [0.1, 0.15) is 0 Å². The van der Waals surface area contributed by atoms with Crippen LogP contribution in [0.3, 0.4) is 0 Å². The van der Waals surface area contributed by atoms with E-state index in [9.17, 15) is 14.4 Å². The second-order valence-electron chi connectivity index (χ2n) is 7.02. The van der Waals surface area contributed by atoms with E-state index in [-0.39, 0.29) is 30.2 Å². The standard InChI is InChI=1S/C18H25N5O3/c1-20(2)18(26)22-9-7-21(8-10-22)17(25)15-11-16(24)23(13-15)12-14-3-5-19-6-4-14/h3-6,15H,7-13H2,1-2H3/t15-/m0/s1. The number of nitrogens with zero attached hydrogens (tertiary/aromatic N) is 5. The van der Waals surface area contributed by atoms with Gasteiger partial charge in [-0.3, -0.25) is 14.6 Å². The molecule has 0 aromatic carbocycles. The lowest BCUT2D eigenvalue weighted by atomic mass is 10.1. The third-order valence-electron chi connectivity index (χ3n) is 4.93. The molecule has 2 fully saturated rings. The zero-order chi connectivity index (χ0) is 18.7. The molecule has 3 rings (SSSR count). The maximum absolute atomic E-state index is 12.8. The van der Waals surface area contributed by atoms with Gasteiger partial charge in [-0.2, -0.15) is 0 Å². The minimum Gasteiger partial charge on any atom is -0.339 e. The summed E-state index contributed by atoms with van der Waals surface area (Å²) in [6.45, 7) is 3.07. The van der Waals surface area contributed by atoms with Gasteiger partial charge in [0.15, 0.2) is 0 Å². The van der Waals surface area contributed by atoms with Crippen molar-refractivity contribution in [2.75, 3.05) is 46.8 Å². The molecule has 0 bridgehead atoms. The average molecular weight is 359 g/mol. The van der Waals surface area contributed by atoms with Crippen LogP contribution in [0.15, 0.2) is 24.5 Å². The van der Waals surface area contributed by atoms with Crippen LogP contribution in [0, 0.1) is 5.92 Å². The van der Waals surface area contributed by atoms with Crippen LogP contribution in [-0.2, 0) is 16.1 Å². The molecule has 26 heavy (non-hydrogen) atoms. The van der Waals surface area contributed by atoms with Gasteiger partial charge in [-0.1, -0.05) is 0 Å². The molecule has 8 heteroatoms. The highest BCUT2D eigenvalue weighted by Crippen LogP contribution is 2.22. The number of carbonyl (C=O) groups excluding carboxylic acids is 3. The molecule has 2 aliphatic rings. The number of pyridine rings is 1. The summed E-state index contributed by atoms with van der Waals surface area (Å²) in [6, 6.07) is 3.73. The minimum absolute atomic E-state index is 0.0154. The number of likely N-dealkylation sites (tertiary alicyclic amines) is 1. The highest BCUT2D eigenvalue weighted by molar-refractivity contribution is 5.89. The van der Waals surface area contributed by atoms with Crippen LogP contribution < -0.4 is 0 Å². The lowest BCUT2D eigenvalue weighted by molar-refractivity contribution is -0.137. The Morgan fingerprint density at radius 1 is 1.12 bits per heavy atom. The second kappa shape index (κ2) is 7.72. The first-order valence-electron chi connectivity index (χ1n) is 8.87. The Hall–Kier alpha value is -2.64. The van der Waals surface area contributed by atoms with Crippen LogP contribution in [0.25, 0.3) is 0 Å². The maximum Gasteiger partial charge on any atom is 0.319 e. The van der Waals surface area contributed by atoms with Gasteiger partial charge in [-0.05, 0) is 17.7 Å². The zero-order valence-corrected chi connectivity index (χ0v) is 15.3. The number of aromatic nitrogens is 1. The van der Waals surface area contributed by atoms with E-state index in [4.69, 9.17) is 0 Å². The summed E-state index contributed by atoms with van der Waals surface area (Å²) in [4.78, 5) is 47.8. The van der Waals surface area contributed by atoms with Crippen LogP contribution in [0.1, 0.15) is 12.0 Å². The highest BCUT2D eigenvalue weighted by atomic mass is 16.2. The molecule has 0 aliphatic carbocycles. The average Bonchev–Trinajstić information content (AvgIpc) is 3.02. The minimum atomic E-state index is -0.291. The third kappa shape index (κ3) is 3.95. The van der Waals surface area contributed by atoms with Crippen molar-refractivity contribution in [3.05, 3.63) is 30.1 Å². The van der Waals surface area contributed by atoms with Gasteiger partial charge in [0, 0.05) is 72.2 Å². The van der Waals surface area contributed by atoms with Gasteiger partial charge in [0.05, 0.1) is 5.92 Å². The van der Waals surface area contributed by atoms with Crippen molar-refractivity contribution in [1.29, 1.82) is 0 Å². The fourth-order valence-electron chi connectivity index (χ4n) is 3.46. The summed E-state index contributed by atoms with van der Waals surface area (Å²) in [5, 5.41) is 0. The molecule has 8 nitrogen and oxygen atoms in total. The Morgan fingerprint density at radius 2 is 1.73 bits per heavy atom. The molecule has 3 heterocycles. The van der Waals surface area contributed by atoms with E-state index in [1.165, 1.54) is 0 Å². The summed E-state index contributed by atoms with van der Waals surface area (Å²) in [5.41, 5.74) is 1.01. The molecular formula is C18H25N5O3. The SMILES string of the molecule is CN(C)C(=O)N1CCN(C(=O)[C@H]2CC(=O)N(Cc3ccncc3)C2)CC1. The van der Waals surface area contributed by atoms with Crippen LogP contribution >= 0.6 is 0 Å². The summed E-state index contributed by atoms with van der Waals surface area (Å²) >= 11 is 0. The maximum atomic E-state index is 12.8. The van der Waals surface area contributed by atoms with Gasteiger partial charge in [-0.15, -0.1) is 0 Å². The van der Waals surface area contributed by atoms with Crippen molar-refractivity contribution in [2.24, 2.45) is 5.92 Å². The monoisotopic (exact) mass is 359 g/mol. The van der Waals surface area contributed by atoms with Crippen molar-refractivity contribution in [1.82, 2.24) is 24.6 Å². The Kier molecular flexibility index (Phi) is 5.39. The normalized spacial score (nSPS) is 20.5. The largest absolute Gasteiger partial charge is 0.339 e. The number of urea groups is 1. The molecule has 2 saturated heterocycles.